The molecule has 0 fully saturated rings. The number of fused-ring (bicyclic) bond motifs is 1. The lowest BCUT2D eigenvalue weighted by Gasteiger charge is -2.03. The summed E-state index contributed by atoms with van der Waals surface area (Å²) in [5, 5.41) is 6.13. The Morgan fingerprint density at radius 1 is 1.47 bits per heavy atom. The van der Waals surface area contributed by atoms with Crippen LogP contribution < -0.4 is 15.4 Å². The Morgan fingerprint density at radius 3 is 3.05 bits per heavy atom. The third-order valence-corrected chi connectivity index (χ3v) is 3.57. The largest absolute Gasteiger partial charge is 0.497 e. The Labute approximate surface area is 116 Å². The average molecular weight is 279 g/mol. The molecule has 2 aromatic rings. The number of amides is 2. The van der Waals surface area contributed by atoms with E-state index in [1.165, 1.54) is 11.3 Å². The minimum atomic E-state index is -0.209. The molecule has 0 saturated heterocycles. The van der Waals surface area contributed by atoms with Gasteiger partial charge >= 0.3 is 6.03 Å². The highest BCUT2D eigenvalue weighted by Crippen LogP contribution is 2.28. The van der Waals surface area contributed by atoms with Crippen LogP contribution in [-0.4, -0.2) is 24.7 Å². The van der Waals surface area contributed by atoms with Crippen LogP contribution in [0.25, 0.3) is 10.2 Å². The number of hydrogen-bond acceptors (Lipinski definition) is 4. The van der Waals surface area contributed by atoms with Gasteiger partial charge in [0.05, 0.1) is 17.3 Å². The predicted octanol–water partition coefficient (Wildman–Crippen LogP) is 3.23. The molecule has 0 unspecified atom stereocenters. The summed E-state index contributed by atoms with van der Waals surface area (Å²) in [5.41, 5.74) is 0.856. The molecule has 0 aliphatic heterocycles. The summed E-state index contributed by atoms with van der Waals surface area (Å²) in [7, 11) is 1.63. The summed E-state index contributed by atoms with van der Waals surface area (Å²) in [6, 6.07) is 5.44. The van der Waals surface area contributed by atoms with E-state index in [4.69, 9.17) is 4.74 Å². The van der Waals surface area contributed by atoms with Crippen LogP contribution in [0.1, 0.15) is 19.8 Å². The molecular formula is C13H17N3O2S. The van der Waals surface area contributed by atoms with E-state index in [-0.39, 0.29) is 6.03 Å². The van der Waals surface area contributed by atoms with Crippen LogP contribution in [0.5, 0.6) is 5.75 Å². The van der Waals surface area contributed by atoms with Crippen molar-refractivity contribution in [2.75, 3.05) is 19.0 Å². The average Bonchev–Trinajstić information content (AvgIpc) is 2.79. The van der Waals surface area contributed by atoms with Crippen LogP contribution >= 0.6 is 11.3 Å². The Morgan fingerprint density at radius 2 is 2.32 bits per heavy atom. The molecule has 0 saturated carbocycles. The van der Waals surface area contributed by atoms with E-state index >= 15 is 0 Å². The Hall–Kier alpha value is -1.82. The van der Waals surface area contributed by atoms with Crippen molar-refractivity contribution in [2.24, 2.45) is 0 Å². The molecule has 2 rings (SSSR count). The van der Waals surface area contributed by atoms with Gasteiger partial charge in [0.15, 0.2) is 5.13 Å². The molecule has 0 bridgehead atoms. The summed E-state index contributed by atoms with van der Waals surface area (Å²) < 4.78 is 6.15. The third-order valence-electron chi connectivity index (χ3n) is 2.63. The van der Waals surface area contributed by atoms with E-state index in [0.717, 1.165) is 28.8 Å². The van der Waals surface area contributed by atoms with Crippen LogP contribution in [-0.2, 0) is 0 Å². The number of carbonyl (C=O) groups excluding carboxylic acids is 1. The van der Waals surface area contributed by atoms with Crippen molar-refractivity contribution < 1.29 is 9.53 Å². The number of anilines is 1. The molecule has 19 heavy (non-hydrogen) atoms. The number of urea groups is 1. The van der Waals surface area contributed by atoms with Crippen molar-refractivity contribution in [1.29, 1.82) is 0 Å². The number of rotatable bonds is 5. The number of aromatic nitrogens is 1. The van der Waals surface area contributed by atoms with Gasteiger partial charge in [-0.3, -0.25) is 5.32 Å². The first-order chi connectivity index (χ1) is 9.22. The first-order valence-electron chi connectivity index (χ1n) is 6.22. The van der Waals surface area contributed by atoms with Crippen molar-refractivity contribution in [2.45, 2.75) is 19.8 Å². The van der Waals surface area contributed by atoms with Gasteiger partial charge in [-0.2, -0.15) is 0 Å². The fourth-order valence-electron chi connectivity index (χ4n) is 1.61. The lowest BCUT2D eigenvalue weighted by molar-refractivity contribution is 0.252. The maximum absolute atomic E-state index is 11.6. The lowest BCUT2D eigenvalue weighted by atomic mass is 10.3. The van der Waals surface area contributed by atoms with Gasteiger partial charge in [0.1, 0.15) is 5.75 Å². The van der Waals surface area contributed by atoms with E-state index in [1.54, 1.807) is 7.11 Å². The third kappa shape index (κ3) is 3.57. The zero-order chi connectivity index (χ0) is 13.7. The van der Waals surface area contributed by atoms with Crippen LogP contribution in [0, 0.1) is 0 Å². The fraction of sp³-hybridized carbons (Fsp3) is 0.385. The highest BCUT2D eigenvalue weighted by molar-refractivity contribution is 7.22. The molecule has 102 valence electrons. The van der Waals surface area contributed by atoms with Crippen LogP contribution in [0.3, 0.4) is 0 Å². The number of thiazole rings is 1. The van der Waals surface area contributed by atoms with Gasteiger partial charge in [0, 0.05) is 6.54 Å². The minimum absolute atomic E-state index is 0.209. The molecule has 2 amide bonds. The second kappa shape index (κ2) is 6.38. The number of unbranched alkanes of at least 4 members (excludes halogenated alkanes) is 1. The van der Waals surface area contributed by atoms with Crippen LogP contribution in [0.4, 0.5) is 9.93 Å². The maximum Gasteiger partial charge on any atom is 0.321 e. The fourth-order valence-corrected chi connectivity index (χ4v) is 2.49. The standard InChI is InChI=1S/C13H17N3O2S/c1-3-4-7-14-12(17)16-13-15-10-6-5-9(18-2)8-11(10)19-13/h5-6,8H,3-4,7H2,1-2H3,(H2,14,15,16,17). The molecule has 0 radical (unpaired) electrons. The molecule has 2 N–H and O–H groups in total. The molecule has 0 aliphatic carbocycles. The number of nitrogens with zero attached hydrogens (tertiary/aromatic N) is 1. The smallest absolute Gasteiger partial charge is 0.321 e. The van der Waals surface area contributed by atoms with Gasteiger partial charge in [0.2, 0.25) is 0 Å². The number of ether oxygens (including phenoxy) is 1. The van der Waals surface area contributed by atoms with Crippen molar-refractivity contribution >= 4 is 32.7 Å². The van der Waals surface area contributed by atoms with Crippen molar-refractivity contribution in [3.05, 3.63) is 18.2 Å². The van der Waals surface area contributed by atoms with Crippen LogP contribution in [0.15, 0.2) is 18.2 Å². The SMILES string of the molecule is CCCCNC(=O)Nc1nc2ccc(OC)cc2s1. The summed E-state index contributed by atoms with van der Waals surface area (Å²) in [4.78, 5) is 16.0. The molecule has 6 heteroatoms. The second-order valence-corrected chi connectivity index (χ2v) is 5.12. The second-order valence-electron chi connectivity index (χ2n) is 4.09. The molecule has 0 atom stereocenters. The first-order valence-corrected chi connectivity index (χ1v) is 7.04. The zero-order valence-electron chi connectivity index (χ0n) is 11.0. The number of nitrogens with one attached hydrogen (secondary N) is 2. The molecular weight excluding hydrogens is 262 g/mol. The maximum atomic E-state index is 11.6. The van der Waals surface area contributed by atoms with Gasteiger partial charge in [-0.15, -0.1) is 0 Å². The topological polar surface area (TPSA) is 63.2 Å². The number of benzene rings is 1. The number of methoxy groups -OCH3 is 1. The van der Waals surface area contributed by atoms with Crippen molar-refractivity contribution in [3.8, 4) is 5.75 Å². The summed E-state index contributed by atoms with van der Waals surface area (Å²) >= 11 is 1.43. The molecule has 0 aliphatic rings. The quantitative estimate of drug-likeness (QED) is 0.826. The van der Waals surface area contributed by atoms with Gasteiger partial charge in [0.25, 0.3) is 0 Å². The zero-order valence-corrected chi connectivity index (χ0v) is 11.8. The molecule has 5 nitrogen and oxygen atoms in total. The number of hydrogen-bond donors (Lipinski definition) is 2. The van der Waals surface area contributed by atoms with Gasteiger partial charge < -0.3 is 10.1 Å². The lowest BCUT2D eigenvalue weighted by Crippen LogP contribution is -2.29. The van der Waals surface area contributed by atoms with Gasteiger partial charge in [-0.1, -0.05) is 24.7 Å². The summed E-state index contributed by atoms with van der Waals surface area (Å²) in [5.74, 6) is 0.787. The summed E-state index contributed by atoms with van der Waals surface area (Å²) in [6.07, 6.45) is 2.03. The van der Waals surface area contributed by atoms with Gasteiger partial charge in [-0.25, -0.2) is 9.78 Å². The monoisotopic (exact) mass is 279 g/mol. The Balaban J connectivity index is 2.02. The summed E-state index contributed by atoms with van der Waals surface area (Å²) in [6.45, 7) is 2.77. The Kier molecular flexibility index (Phi) is 4.57. The molecule has 0 spiro atoms. The van der Waals surface area contributed by atoms with E-state index < -0.39 is 0 Å². The van der Waals surface area contributed by atoms with Crippen LogP contribution in [0.2, 0.25) is 0 Å². The van der Waals surface area contributed by atoms with E-state index in [2.05, 4.69) is 22.5 Å². The number of carbonyl (C=O) groups is 1. The molecule has 1 aromatic carbocycles. The van der Waals surface area contributed by atoms with E-state index in [1.807, 2.05) is 18.2 Å². The predicted molar refractivity (Wildman–Crippen MR) is 78.1 cm³/mol. The highest BCUT2D eigenvalue weighted by Gasteiger charge is 2.07. The molecule has 1 heterocycles. The normalized spacial score (nSPS) is 10.4. The van der Waals surface area contributed by atoms with E-state index in [0.29, 0.717) is 11.7 Å². The minimum Gasteiger partial charge on any atom is -0.497 e. The van der Waals surface area contributed by atoms with Crippen molar-refractivity contribution in [3.63, 3.8) is 0 Å². The van der Waals surface area contributed by atoms with Crippen molar-refractivity contribution in [1.82, 2.24) is 10.3 Å². The highest BCUT2D eigenvalue weighted by atomic mass is 32.1. The van der Waals surface area contributed by atoms with Gasteiger partial charge in [-0.05, 0) is 24.6 Å². The van der Waals surface area contributed by atoms with E-state index in [9.17, 15) is 4.79 Å². The Bertz CT molecular complexity index is 568. The first kappa shape index (κ1) is 13.6. The molecule has 1 aromatic heterocycles.